The van der Waals surface area contributed by atoms with E-state index in [4.69, 9.17) is 5.73 Å². The van der Waals surface area contributed by atoms with Crippen LogP contribution in [0.3, 0.4) is 0 Å². The molecule has 1 aromatic rings. The number of nitrogens with zero attached hydrogens (tertiary/aromatic N) is 2. The van der Waals surface area contributed by atoms with E-state index in [9.17, 15) is 27.9 Å². The van der Waals surface area contributed by atoms with Crippen LogP contribution in [0, 0.1) is 0 Å². The topological polar surface area (TPSA) is 96.5 Å². The first kappa shape index (κ1) is 16.2. The molecule has 0 aliphatic carbocycles. The van der Waals surface area contributed by atoms with Gasteiger partial charge in [0.15, 0.2) is 5.60 Å². The Labute approximate surface area is 123 Å². The Morgan fingerprint density at radius 3 is 2.68 bits per heavy atom. The second-order valence-electron chi connectivity index (χ2n) is 5.15. The predicted molar refractivity (Wildman–Crippen MR) is 68.5 cm³/mol. The summed E-state index contributed by atoms with van der Waals surface area (Å²) in [5.74, 6) is -1.93. The molecule has 1 atom stereocenters. The number of amides is 2. The molecule has 3 N–H and O–H groups in total. The van der Waals surface area contributed by atoms with Crippen LogP contribution in [-0.4, -0.2) is 45.5 Å². The molecule has 9 heteroatoms. The van der Waals surface area contributed by atoms with Crippen molar-refractivity contribution >= 4 is 11.8 Å². The Morgan fingerprint density at radius 2 is 2.09 bits per heavy atom. The van der Waals surface area contributed by atoms with Crippen molar-refractivity contribution in [1.82, 2.24) is 9.88 Å². The van der Waals surface area contributed by atoms with Crippen LogP contribution < -0.4 is 5.73 Å². The second-order valence-corrected chi connectivity index (χ2v) is 5.15. The Balaban J connectivity index is 2.31. The molecule has 6 nitrogen and oxygen atoms in total. The minimum Gasteiger partial charge on any atom is -0.378 e. The minimum absolute atomic E-state index is 0.0641. The summed E-state index contributed by atoms with van der Waals surface area (Å²) in [4.78, 5) is 27.9. The second kappa shape index (κ2) is 5.56. The summed E-state index contributed by atoms with van der Waals surface area (Å²) >= 11 is 0. The number of carbonyl (C=O) groups excluding carboxylic acids is 2. The van der Waals surface area contributed by atoms with Gasteiger partial charge in [-0.05, 0) is 18.9 Å². The number of primary amides is 1. The van der Waals surface area contributed by atoms with Crippen LogP contribution >= 0.6 is 0 Å². The summed E-state index contributed by atoms with van der Waals surface area (Å²) in [5.41, 5.74) is 1.44. The maximum absolute atomic E-state index is 12.9. The van der Waals surface area contributed by atoms with Crippen LogP contribution in [0.25, 0.3) is 0 Å². The van der Waals surface area contributed by atoms with Gasteiger partial charge in [-0.1, -0.05) is 0 Å². The van der Waals surface area contributed by atoms with Gasteiger partial charge in [0, 0.05) is 18.9 Å². The fourth-order valence-corrected chi connectivity index (χ4v) is 2.39. The highest BCUT2D eigenvalue weighted by atomic mass is 19.4. The molecule has 1 unspecified atom stereocenters. The van der Waals surface area contributed by atoms with Gasteiger partial charge in [-0.2, -0.15) is 13.2 Å². The number of hydrogen-bond acceptors (Lipinski definition) is 4. The quantitative estimate of drug-likeness (QED) is 0.832. The number of aliphatic hydroxyl groups is 1. The number of rotatable bonds is 2. The number of aromatic nitrogens is 1. The zero-order chi connectivity index (χ0) is 16.5. The SMILES string of the molecule is NC(=O)C1(O)CCCN(C(=O)c2ccncc2C(F)(F)F)C1. The highest BCUT2D eigenvalue weighted by molar-refractivity contribution is 5.96. The third kappa shape index (κ3) is 3.03. The number of β-amino-alcohol motifs (C(OH)–C–C–N with tert-alkyl or cyclic N) is 1. The third-order valence-electron chi connectivity index (χ3n) is 3.57. The molecule has 2 rings (SSSR count). The lowest BCUT2D eigenvalue weighted by atomic mass is 9.91. The van der Waals surface area contributed by atoms with E-state index >= 15 is 0 Å². The molecule has 1 aromatic heterocycles. The molecule has 120 valence electrons. The molecule has 2 heterocycles. The van der Waals surface area contributed by atoms with Crippen LogP contribution in [0.5, 0.6) is 0 Å². The van der Waals surface area contributed by atoms with Crippen LogP contribution in [0.15, 0.2) is 18.5 Å². The summed E-state index contributed by atoms with van der Waals surface area (Å²) in [5, 5.41) is 10.0. The van der Waals surface area contributed by atoms with Crippen molar-refractivity contribution in [2.24, 2.45) is 5.73 Å². The monoisotopic (exact) mass is 317 g/mol. The Bertz CT molecular complexity index is 606. The summed E-state index contributed by atoms with van der Waals surface area (Å²) < 4.78 is 38.8. The average Bonchev–Trinajstić information content (AvgIpc) is 2.45. The summed E-state index contributed by atoms with van der Waals surface area (Å²) in [7, 11) is 0. The van der Waals surface area contributed by atoms with E-state index in [1.165, 1.54) is 0 Å². The zero-order valence-corrected chi connectivity index (χ0v) is 11.4. The maximum Gasteiger partial charge on any atom is 0.418 e. The molecule has 0 bridgehead atoms. The van der Waals surface area contributed by atoms with Gasteiger partial charge in [-0.3, -0.25) is 14.6 Å². The average molecular weight is 317 g/mol. The number of likely N-dealkylation sites (tertiary alicyclic amines) is 1. The highest BCUT2D eigenvalue weighted by Gasteiger charge is 2.42. The van der Waals surface area contributed by atoms with Crippen molar-refractivity contribution in [2.45, 2.75) is 24.6 Å². The molecule has 1 fully saturated rings. The first-order valence-electron chi connectivity index (χ1n) is 6.48. The lowest BCUT2D eigenvalue weighted by Crippen LogP contribution is -2.57. The molecular weight excluding hydrogens is 303 g/mol. The van der Waals surface area contributed by atoms with Gasteiger partial charge in [0.1, 0.15) is 0 Å². The molecule has 1 aliphatic rings. The van der Waals surface area contributed by atoms with Crippen LogP contribution in [0.2, 0.25) is 0 Å². The smallest absolute Gasteiger partial charge is 0.378 e. The lowest BCUT2D eigenvalue weighted by molar-refractivity contribution is -0.141. The molecule has 22 heavy (non-hydrogen) atoms. The molecule has 0 radical (unpaired) electrons. The number of nitrogens with two attached hydrogens (primary N) is 1. The molecule has 2 amide bonds. The standard InChI is InChI=1S/C13H14F3N3O3/c14-13(15,16)9-6-18-4-2-8(9)10(20)19-5-1-3-12(22,7-19)11(17)21/h2,4,6,22H,1,3,5,7H2,(H2,17,21). The number of halogens is 3. The largest absolute Gasteiger partial charge is 0.418 e. The number of piperidine rings is 1. The van der Waals surface area contributed by atoms with Gasteiger partial charge in [0.05, 0.1) is 17.7 Å². The van der Waals surface area contributed by atoms with Crippen molar-refractivity contribution < 1.29 is 27.9 Å². The van der Waals surface area contributed by atoms with Gasteiger partial charge in [0.25, 0.3) is 11.8 Å². The molecule has 0 aromatic carbocycles. The van der Waals surface area contributed by atoms with Crippen LogP contribution in [-0.2, 0) is 11.0 Å². The van der Waals surface area contributed by atoms with E-state index in [2.05, 4.69) is 4.98 Å². The van der Waals surface area contributed by atoms with Gasteiger partial charge in [-0.25, -0.2) is 0 Å². The Morgan fingerprint density at radius 1 is 1.41 bits per heavy atom. The molecule has 0 spiro atoms. The van der Waals surface area contributed by atoms with Crippen LogP contribution in [0.4, 0.5) is 13.2 Å². The van der Waals surface area contributed by atoms with E-state index in [0.717, 1.165) is 17.2 Å². The predicted octanol–water partition coefficient (Wildman–Crippen LogP) is 0.553. The van der Waals surface area contributed by atoms with Crippen molar-refractivity contribution in [2.75, 3.05) is 13.1 Å². The molecule has 0 saturated carbocycles. The maximum atomic E-state index is 12.9. The summed E-state index contributed by atoms with van der Waals surface area (Å²) in [6.07, 6.45) is -2.76. The zero-order valence-electron chi connectivity index (χ0n) is 11.4. The third-order valence-corrected chi connectivity index (χ3v) is 3.57. The Kier molecular flexibility index (Phi) is 4.10. The van der Waals surface area contributed by atoms with Gasteiger partial charge in [0.2, 0.25) is 0 Å². The first-order chi connectivity index (χ1) is 10.1. The minimum atomic E-state index is -4.73. The lowest BCUT2D eigenvalue weighted by Gasteiger charge is -2.37. The Hall–Kier alpha value is -2.16. The van der Waals surface area contributed by atoms with E-state index < -0.39 is 41.3 Å². The number of alkyl halides is 3. The van der Waals surface area contributed by atoms with Gasteiger partial charge < -0.3 is 15.7 Å². The summed E-state index contributed by atoms with van der Waals surface area (Å²) in [6.45, 7) is -0.297. The first-order valence-corrected chi connectivity index (χ1v) is 6.48. The fraction of sp³-hybridized carbons (Fsp3) is 0.462. The van der Waals surface area contributed by atoms with E-state index in [1.54, 1.807) is 0 Å². The van der Waals surface area contributed by atoms with Crippen molar-refractivity contribution in [3.63, 3.8) is 0 Å². The number of pyridine rings is 1. The fourth-order valence-electron chi connectivity index (χ4n) is 2.39. The summed E-state index contributed by atoms with van der Waals surface area (Å²) in [6, 6.07) is 0.961. The van der Waals surface area contributed by atoms with Crippen molar-refractivity contribution in [3.8, 4) is 0 Å². The van der Waals surface area contributed by atoms with E-state index in [1.807, 2.05) is 0 Å². The molecule has 1 saturated heterocycles. The normalized spacial score (nSPS) is 22.5. The van der Waals surface area contributed by atoms with Crippen molar-refractivity contribution in [1.29, 1.82) is 0 Å². The number of hydrogen-bond donors (Lipinski definition) is 2. The molecular formula is C13H14F3N3O3. The van der Waals surface area contributed by atoms with Gasteiger partial charge in [-0.15, -0.1) is 0 Å². The molecule has 1 aliphatic heterocycles. The van der Waals surface area contributed by atoms with E-state index in [0.29, 0.717) is 6.20 Å². The number of carbonyl (C=O) groups is 2. The highest BCUT2D eigenvalue weighted by Crippen LogP contribution is 2.32. The van der Waals surface area contributed by atoms with Crippen molar-refractivity contribution in [3.05, 3.63) is 29.6 Å². The van der Waals surface area contributed by atoms with Gasteiger partial charge >= 0.3 is 6.18 Å². The van der Waals surface area contributed by atoms with Crippen LogP contribution in [0.1, 0.15) is 28.8 Å². The van der Waals surface area contributed by atoms with E-state index in [-0.39, 0.29) is 19.4 Å².